The van der Waals surface area contributed by atoms with Crippen LogP contribution >= 0.6 is 0 Å². The molecule has 0 atom stereocenters. The fourth-order valence-electron chi connectivity index (χ4n) is 0.433. The molecule has 9 heavy (non-hydrogen) atoms. The van der Waals surface area contributed by atoms with E-state index in [4.69, 9.17) is 4.74 Å². The molecular weight excluding hydrogens is 114 g/mol. The fourth-order valence-corrected chi connectivity index (χ4v) is 0.433. The van der Waals surface area contributed by atoms with Crippen LogP contribution in [0, 0.1) is 0 Å². The molecular formula is C7H11NO. The first-order valence-electron chi connectivity index (χ1n) is 2.61. The van der Waals surface area contributed by atoms with Crippen molar-refractivity contribution < 1.29 is 4.74 Å². The average molecular weight is 125 g/mol. The molecule has 0 aromatic rings. The van der Waals surface area contributed by atoms with Crippen LogP contribution in [-0.2, 0) is 4.74 Å². The van der Waals surface area contributed by atoms with E-state index in [-0.39, 0.29) is 0 Å². The fraction of sp³-hybridized carbons (Fsp3) is 0.286. The largest absolute Gasteiger partial charge is 0.380 e. The number of nitrogens with zero attached hydrogens (tertiary/aromatic N) is 1. The predicted molar refractivity (Wildman–Crippen MR) is 39.7 cm³/mol. The van der Waals surface area contributed by atoms with Gasteiger partial charge in [0.05, 0.1) is 6.61 Å². The monoisotopic (exact) mass is 125 g/mol. The standard InChI is InChI=1S/C7H11NO/c1-4-7(5-8-2)6-9-3/h4-5H,1-2,6H2,3H3/b7-5+. The Hall–Kier alpha value is -0.890. The molecule has 0 aromatic heterocycles. The summed E-state index contributed by atoms with van der Waals surface area (Å²) in [4.78, 5) is 3.56. The number of methoxy groups -OCH3 is 1. The van der Waals surface area contributed by atoms with E-state index in [2.05, 4.69) is 18.3 Å². The Morgan fingerprint density at radius 2 is 2.44 bits per heavy atom. The van der Waals surface area contributed by atoms with Gasteiger partial charge >= 0.3 is 0 Å². The first-order chi connectivity index (χ1) is 4.35. The summed E-state index contributed by atoms with van der Waals surface area (Å²) in [5, 5.41) is 0. The first-order valence-corrected chi connectivity index (χ1v) is 2.61. The summed E-state index contributed by atoms with van der Waals surface area (Å²) < 4.78 is 4.82. The number of ether oxygens (including phenoxy) is 1. The number of hydrogen-bond donors (Lipinski definition) is 0. The molecule has 0 spiro atoms. The van der Waals surface area contributed by atoms with E-state index in [9.17, 15) is 0 Å². The average Bonchev–Trinajstić information content (AvgIpc) is 1.88. The maximum absolute atomic E-state index is 4.82. The molecule has 0 aliphatic carbocycles. The maximum Gasteiger partial charge on any atom is 0.0727 e. The summed E-state index contributed by atoms with van der Waals surface area (Å²) in [7, 11) is 1.63. The van der Waals surface area contributed by atoms with E-state index >= 15 is 0 Å². The van der Waals surface area contributed by atoms with E-state index in [1.807, 2.05) is 0 Å². The highest BCUT2D eigenvalue weighted by Crippen LogP contribution is 1.94. The minimum atomic E-state index is 0.544. The summed E-state index contributed by atoms with van der Waals surface area (Å²) in [5.74, 6) is 0. The van der Waals surface area contributed by atoms with Crippen molar-refractivity contribution in [3.8, 4) is 0 Å². The van der Waals surface area contributed by atoms with Gasteiger partial charge < -0.3 is 4.74 Å². The molecule has 0 rings (SSSR count). The molecule has 0 amide bonds. The van der Waals surface area contributed by atoms with Gasteiger partial charge in [-0.2, -0.15) is 0 Å². The molecule has 0 N–H and O–H groups in total. The Labute approximate surface area is 55.6 Å². The van der Waals surface area contributed by atoms with Gasteiger partial charge in [-0.25, -0.2) is 0 Å². The van der Waals surface area contributed by atoms with Crippen LogP contribution in [0.3, 0.4) is 0 Å². The van der Waals surface area contributed by atoms with Gasteiger partial charge in [0.1, 0.15) is 0 Å². The second-order valence-corrected chi connectivity index (χ2v) is 1.52. The molecule has 0 unspecified atom stereocenters. The lowest BCUT2D eigenvalue weighted by Crippen LogP contribution is -1.89. The van der Waals surface area contributed by atoms with Crippen molar-refractivity contribution in [1.29, 1.82) is 0 Å². The summed E-state index contributed by atoms with van der Waals surface area (Å²) in [6, 6.07) is 0. The summed E-state index contributed by atoms with van der Waals surface area (Å²) in [5.41, 5.74) is 0.938. The van der Waals surface area contributed by atoms with Crippen molar-refractivity contribution in [3.05, 3.63) is 24.4 Å². The Kier molecular flexibility index (Phi) is 4.73. The van der Waals surface area contributed by atoms with Gasteiger partial charge in [-0.15, -0.1) is 0 Å². The van der Waals surface area contributed by atoms with Gasteiger partial charge in [0.2, 0.25) is 0 Å². The van der Waals surface area contributed by atoms with Crippen LogP contribution in [0.15, 0.2) is 29.4 Å². The second-order valence-electron chi connectivity index (χ2n) is 1.52. The maximum atomic E-state index is 4.82. The third kappa shape index (κ3) is 3.67. The Morgan fingerprint density at radius 3 is 2.78 bits per heavy atom. The van der Waals surface area contributed by atoms with Crippen molar-refractivity contribution in [1.82, 2.24) is 0 Å². The predicted octanol–water partition coefficient (Wildman–Crippen LogP) is 1.40. The summed E-state index contributed by atoms with van der Waals surface area (Å²) >= 11 is 0. The van der Waals surface area contributed by atoms with Crippen LogP contribution in [0.25, 0.3) is 0 Å². The Bertz CT molecular complexity index is 127. The van der Waals surface area contributed by atoms with Gasteiger partial charge in [0, 0.05) is 13.3 Å². The van der Waals surface area contributed by atoms with Crippen LogP contribution in [-0.4, -0.2) is 20.4 Å². The third-order valence-corrected chi connectivity index (χ3v) is 0.830. The molecule has 0 bridgehead atoms. The van der Waals surface area contributed by atoms with Crippen LogP contribution in [0.1, 0.15) is 0 Å². The van der Waals surface area contributed by atoms with Crippen molar-refractivity contribution in [2.75, 3.05) is 13.7 Å². The number of hydrogen-bond acceptors (Lipinski definition) is 2. The van der Waals surface area contributed by atoms with Gasteiger partial charge in [-0.05, 0) is 12.3 Å². The quantitative estimate of drug-likeness (QED) is 0.411. The van der Waals surface area contributed by atoms with E-state index in [0.717, 1.165) is 5.57 Å². The number of aliphatic imine (C=N–C) groups is 1. The van der Waals surface area contributed by atoms with Crippen molar-refractivity contribution in [2.45, 2.75) is 0 Å². The van der Waals surface area contributed by atoms with Crippen LogP contribution in [0.5, 0.6) is 0 Å². The van der Waals surface area contributed by atoms with Crippen LogP contribution in [0.2, 0.25) is 0 Å². The molecule has 0 aliphatic rings. The minimum absolute atomic E-state index is 0.544. The van der Waals surface area contributed by atoms with E-state index in [0.29, 0.717) is 6.61 Å². The second kappa shape index (κ2) is 5.25. The number of rotatable bonds is 4. The minimum Gasteiger partial charge on any atom is -0.380 e. The molecule has 2 heteroatoms. The van der Waals surface area contributed by atoms with Crippen molar-refractivity contribution in [2.24, 2.45) is 4.99 Å². The molecule has 0 aliphatic heterocycles. The topological polar surface area (TPSA) is 21.6 Å². The summed E-state index contributed by atoms with van der Waals surface area (Å²) in [6.45, 7) is 7.41. The lowest BCUT2D eigenvalue weighted by molar-refractivity contribution is 0.228. The molecule has 0 saturated carbocycles. The smallest absolute Gasteiger partial charge is 0.0727 e. The molecule has 0 fully saturated rings. The van der Waals surface area contributed by atoms with Gasteiger partial charge in [-0.1, -0.05) is 12.7 Å². The van der Waals surface area contributed by atoms with Gasteiger partial charge in [0.15, 0.2) is 0 Å². The summed E-state index contributed by atoms with van der Waals surface area (Å²) in [6.07, 6.45) is 3.31. The highest BCUT2D eigenvalue weighted by molar-refractivity contribution is 5.28. The zero-order chi connectivity index (χ0) is 7.11. The Morgan fingerprint density at radius 1 is 1.78 bits per heavy atom. The van der Waals surface area contributed by atoms with Crippen molar-refractivity contribution >= 4 is 6.72 Å². The normalized spacial score (nSPS) is 11.0. The highest BCUT2D eigenvalue weighted by Gasteiger charge is 1.85. The molecule has 0 saturated heterocycles. The first kappa shape index (κ1) is 8.11. The molecule has 50 valence electrons. The van der Waals surface area contributed by atoms with Crippen LogP contribution in [0.4, 0.5) is 0 Å². The van der Waals surface area contributed by atoms with Gasteiger partial charge in [-0.3, -0.25) is 4.99 Å². The van der Waals surface area contributed by atoms with E-state index < -0.39 is 0 Å². The van der Waals surface area contributed by atoms with Crippen LogP contribution < -0.4 is 0 Å². The highest BCUT2D eigenvalue weighted by atomic mass is 16.5. The lowest BCUT2D eigenvalue weighted by atomic mass is 10.3. The zero-order valence-corrected chi connectivity index (χ0v) is 5.63. The van der Waals surface area contributed by atoms with E-state index in [1.54, 1.807) is 19.4 Å². The lowest BCUT2D eigenvalue weighted by Gasteiger charge is -1.95. The third-order valence-electron chi connectivity index (χ3n) is 0.830. The molecule has 2 nitrogen and oxygen atoms in total. The molecule has 0 aromatic carbocycles. The van der Waals surface area contributed by atoms with E-state index in [1.165, 1.54) is 0 Å². The van der Waals surface area contributed by atoms with Gasteiger partial charge in [0.25, 0.3) is 0 Å². The molecule has 0 heterocycles. The molecule has 0 radical (unpaired) electrons. The Balaban J connectivity index is 3.80. The van der Waals surface area contributed by atoms with Crippen molar-refractivity contribution in [3.63, 3.8) is 0 Å². The zero-order valence-electron chi connectivity index (χ0n) is 5.63. The SMILES string of the molecule is C=C/C(=C\N=C)COC.